The lowest BCUT2D eigenvalue weighted by molar-refractivity contribution is -0.117. The normalized spacial score (nSPS) is 11.8. The Morgan fingerprint density at radius 1 is 1.48 bits per heavy atom. The van der Waals surface area contributed by atoms with E-state index in [1.807, 2.05) is 36.6 Å². The fourth-order valence-electron chi connectivity index (χ4n) is 2.18. The third kappa shape index (κ3) is 4.30. The number of amides is 1. The molecule has 2 aromatic rings. The topological polar surface area (TPSA) is 62.7 Å². The van der Waals surface area contributed by atoms with Gasteiger partial charge in [0.25, 0.3) is 0 Å². The van der Waals surface area contributed by atoms with Crippen molar-refractivity contribution in [2.75, 3.05) is 0 Å². The maximum atomic E-state index is 12.2. The lowest BCUT2D eigenvalue weighted by Gasteiger charge is -2.11. The van der Waals surface area contributed by atoms with Crippen molar-refractivity contribution in [3.63, 3.8) is 0 Å². The summed E-state index contributed by atoms with van der Waals surface area (Å²) in [5, 5.41) is 10.4. The number of hydrogen-bond acceptors (Lipinski definition) is 3. The number of carbonyl (C=O) groups excluding carboxylic acids is 1. The predicted octanol–water partition coefficient (Wildman–Crippen LogP) is 3.89. The summed E-state index contributed by atoms with van der Waals surface area (Å²) in [5.74, 6) is 0.526. The van der Waals surface area contributed by atoms with Crippen LogP contribution in [0.25, 0.3) is 6.08 Å². The molecule has 23 heavy (non-hydrogen) atoms. The Hall–Kier alpha value is -1.92. The number of nitrogens with one attached hydrogen (secondary N) is 2. The van der Waals surface area contributed by atoms with Gasteiger partial charge >= 0.3 is 0 Å². The number of hydrogen-bond donors (Lipinski definition) is 2. The van der Waals surface area contributed by atoms with Gasteiger partial charge in [0.1, 0.15) is 0 Å². The van der Waals surface area contributed by atoms with Crippen molar-refractivity contribution in [2.45, 2.75) is 33.4 Å². The first-order valence-electron chi connectivity index (χ1n) is 7.27. The third-order valence-corrected chi connectivity index (χ3v) is 3.97. The number of H-pyrrole nitrogens is 1. The maximum Gasteiger partial charge on any atom is 0.247 e. The average molecular weight is 351 g/mol. The first-order chi connectivity index (χ1) is 10.9. The molecule has 0 aliphatic rings. The van der Waals surface area contributed by atoms with Crippen LogP contribution in [0, 0.1) is 4.77 Å². The van der Waals surface area contributed by atoms with Crippen LogP contribution in [-0.4, -0.2) is 20.7 Å². The Morgan fingerprint density at radius 3 is 2.83 bits per heavy atom. The lowest BCUT2D eigenvalue weighted by Crippen LogP contribution is -2.25. The molecule has 2 rings (SSSR count). The molecule has 7 heteroatoms. The van der Waals surface area contributed by atoms with E-state index >= 15 is 0 Å². The van der Waals surface area contributed by atoms with Gasteiger partial charge < -0.3 is 9.88 Å². The molecule has 0 saturated heterocycles. The number of rotatable bonds is 5. The second kappa shape index (κ2) is 7.57. The van der Waals surface area contributed by atoms with E-state index < -0.39 is 0 Å². The van der Waals surface area contributed by atoms with Crippen molar-refractivity contribution in [1.29, 1.82) is 0 Å². The molecular formula is C16H19ClN4OS. The Balaban J connectivity index is 2.08. The summed E-state index contributed by atoms with van der Waals surface area (Å²) >= 11 is 11.3. The Labute approximate surface area is 145 Å². The molecule has 0 unspecified atom stereocenters. The van der Waals surface area contributed by atoms with Crippen LogP contribution in [0.1, 0.15) is 38.2 Å². The van der Waals surface area contributed by atoms with Gasteiger partial charge in [-0.2, -0.15) is 5.10 Å². The molecule has 122 valence electrons. The molecule has 1 aromatic carbocycles. The monoisotopic (exact) mass is 350 g/mol. The lowest BCUT2D eigenvalue weighted by atomic mass is 10.1. The van der Waals surface area contributed by atoms with Crippen LogP contribution in [-0.2, 0) is 11.3 Å². The summed E-state index contributed by atoms with van der Waals surface area (Å²) in [6, 6.07) is 7.56. The molecule has 0 spiro atoms. The van der Waals surface area contributed by atoms with Gasteiger partial charge in [-0.1, -0.05) is 29.8 Å². The van der Waals surface area contributed by atoms with Crippen LogP contribution < -0.4 is 5.32 Å². The summed E-state index contributed by atoms with van der Waals surface area (Å²) in [4.78, 5) is 12.2. The molecule has 0 aliphatic heterocycles. The smallest absolute Gasteiger partial charge is 0.247 e. The molecule has 0 saturated carbocycles. The van der Waals surface area contributed by atoms with Gasteiger partial charge in [-0.3, -0.25) is 9.89 Å². The second-order valence-electron chi connectivity index (χ2n) is 5.44. The van der Waals surface area contributed by atoms with Gasteiger partial charge in [-0.05, 0) is 50.7 Å². The largest absolute Gasteiger partial charge is 0.345 e. The summed E-state index contributed by atoms with van der Waals surface area (Å²) < 4.78 is 2.43. The molecule has 0 bridgehead atoms. The van der Waals surface area contributed by atoms with Crippen molar-refractivity contribution in [3.05, 3.63) is 51.0 Å². The van der Waals surface area contributed by atoms with Crippen molar-refractivity contribution < 1.29 is 4.79 Å². The van der Waals surface area contributed by atoms with E-state index in [0.29, 0.717) is 27.7 Å². The summed E-state index contributed by atoms with van der Waals surface area (Å²) in [6.45, 7) is 6.08. The molecule has 0 radical (unpaired) electrons. The van der Waals surface area contributed by atoms with Crippen LogP contribution >= 0.6 is 23.8 Å². The number of aromatic nitrogens is 3. The highest BCUT2D eigenvalue weighted by atomic mass is 35.5. The van der Waals surface area contributed by atoms with E-state index in [1.54, 1.807) is 19.1 Å². The first-order valence-corrected chi connectivity index (χ1v) is 8.05. The highest BCUT2D eigenvalue weighted by Gasteiger charge is 2.11. The van der Waals surface area contributed by atoms with Crippen LogP contribution in [0.2, 0.25) is 5.02 Å². The van der Waals surface area contributed by atoms with Crippen molar-refractivity contribution >= 4 is 35.8 Å². The molecular weight excluding hydrogens is 332 g/mol. The molecule has 0 atom stereocenters. The van der Waals surface area contributed by atoms with E-state index in [4.69, 9.17) is 23.8 Å². The van der Waals surface area contributed by atoms with Gasteiger partial charge in [-0.25, -0.2) is 0 Å². The average Bonchev–Trinajstić information content (AvgIpc) is 2.88. The quantitative estimate of drug-likeness (QED) is 0.635. The SMILES string of the molecule is C/C(=C\c1ccccc1Cl)C(=O)NCc1n[nH]c(=S)n1C(C)C. The molecule has 2 N–H and O–H groups in total. The summed E-state index contributed by atoms with van der Waals surface area (Å²) in [6.07, 6.45) is 1.76. The van der Waals surface area contributed by atoms with E-state index in [9.17, 15) is 4.79 Å². The van der Waals surface area contributed by atoms with E-state index in [-0.39, 0.29) is 11.9 Å². The van der Waals surface area contributed by atoms with Gasteiger partial charge in [-0.15, -0.1) is 0 Å². The van der Waals surface area contributed by atoms with Crippen LogP contribution in [0.4, 0.5) is 0 Å². The summed E-state index contributed by atoms with van der Waals surface area (Å²) in [7, 11) is 0. The Morgan fingerprint density at radius 2 is 2.17 bits per heavy atom. The summed E-state index contributed by atoms with van der Waals surface area (Å²) in [5.41, 5.74) is 1.38. The number of halogens is 1. The molecule has 1 amide bonds. The minimum absolute atomic E-state index is 0.172. The zero-order valence-electron chi connectivity index (χ0n) is 13.3. The molecule has 1 heterocycles. The van der Waals surface area contributed by atoms with Gasteiger partial charge in [0, 0.05) is 16.6 Å². The second-order valence-corrected chi connectivity index (χ2v) is 6.23. The Bertz CT molecular complexity index is 791. The number of nitrogens with zero attached hydrogens (tertiary/aromatic N) is 2. The minimum atomic E-state index is -0.172. The minimum Gasteiger partial charge on any atom is -0.345 e. The van der Waals surface area contributed by atoms with Gasteiger partial charge in [0.15, 0.2) is 10.6 Å². The molecule has 5 nitrogen and oxygen atoms in total. The Kier molecular flexibility index (Phi) is 5.74. The van der Waals surface area contributed by atoms with Gasteiger partial charge in [0.2, 0.25) is 5.91 Å². The first kappa shape index (κ1) is 17.4. The number of benzene rings is 1. The van der Waals surface area contributed by atoms with Crippen molar-refractivity contribution in [1.82, 2.24) is 20.1 Å². The number of aromatic amines is 1. The van der Waals surface area contributed by atoms with E-state index in [0.717, 1.165) is 5.56 Å². The van der Waals surface area contributed by atoms with Crippen molar-refractivity contribution in [2.24, 2.45) is 0 Å². The zero-order valence-corrected chi connectivity index (χ0v) is 14.8. The highest BCUT2D eigenvalue weighted by molar-refractivity contribution is 7.71. The van der Waals surface area contributed by atoms with Crippen molar-refractivity contribution in [3.8, 4) is 0 Å². The van der Waals surface area contributed by atoms with E-state index in [1.165, 1.54) is 0 Å². The zero-order chi connectivity index (χ0) is 17.0. The third-order valence-electron chi connectivity index (χ3n) is 3.34. The number of carbonyl (C=O) groups is 1. The fourth-order valence-corrected chi connectivity index (χ4v) is 2.74. The van der Waals surface area contributed by atoms with E-state index in [2.05, 4.69) is 15.5 Å². The highest BCUT2D eigenvalue weighted by Crippen LogP contribution is 2.18. The van der Waals surface area contributed by atoms with Crippen LogP contribution in [0.15, 0.2) is 29.8 Å². The standard InChI is InChI=1S/C16H19ClN4OS/c1-10(2)21-14(19-20-16(21)23)9-18-15(22)11(3)8-12-6-4-5-7-13(12)17/h4-8,10H,9H2,1-3H3,(H,18,22)(H,20,23)/b11-8+. The van der Waals surface area contributed by atoms with Gasteiger partial charge in [0.05, 0.1) is 6.54 Å². The van der Waals surface area contributed by atoms with Crippen LogP contribution in [0.3, 0.4) is 0 Å². The predicted molar refractivity (Wildman–Crippen MR) is 94.7 cm³/mol. The molecule has 0 fully saturated rings. The fraction of sp³-hybridized carbons (Fsp3) is 0.312. The maximum absolute atomic E-state index is 12.2. The van der Waals surface area contributed by atoms with Crippen LogP contribution in [0.5, 0.6) is 0 Å². The molecule has 1 aromatic heterocycles. The molecule has 0 aliphatic carbocycles.